The Labute approximate surface area is 111 Å². The van der Waals surface area contributed by atoms with Crippen molar-refractivity contribution in [1.29, 1.82) is 0 Å². The maximum absolute atomic E-state index is 12.9. The second-order valence-electron chi connectivity index (χ2n) is 3.61. The molecular formula is C12H10BrF2NS. The summed E-state index contributed by atoms with van der Waals surface area (Å²) < 4.78 is 26.9. The van der Waals surface area contributed by atoms with E-state index in [1.54, 1.807) is 11.3 Å². The maximum atomic E-state index is 12.9. The van der Waals surface area contributed by atoms with Crippen molar-refractivity contribution in [2.75, 3.05) is 0 Å². The van der Waals surface area contributed by atoms with Crippen molar-refractivity contribution in [3.05, 3.63) is 56.2 Å². The lowest BCUT2D eigenvalue weighted by molar-refractivity contribution is 0.575. The third kappa shape index (κ3) is 3.87. The normalized spacial score (nSPS) is 10.8. The van der Waals surface area contributed by atoms with E-state index in [4.69, 9.17) is 0 Å². The van der Waals surface area contributed by atoms with Crippen LogP contribution in [0.3, 0.4) is 0 Å². The van der Waals surface area contributed by atoms with Crippen LogP contribution in [0.15, 0.2) is 34.1 Å². The summed E-state index contributed by atoms with van der Waals surface area (Å²) >= 11 is 5.00. The Bertz CT molecular complexity index is 493. The van der Waals surface area contributed by atoms with Gasteiger partial charge in [0.2, 0.25) is 0 Å². The first-order valence-electron chi connectivity index (χ1n) is 5.02. The van der Waals surface area contributed by atoms with Crippen LogP contribution >= 0.6 is 27.3 Å². The molecule has 0 atom stereocenters. The van der Waals surface area contributed by atoms with Gasteiger partial charge in [0, 0.05) is 33.9 Å². The monoisotopic (exact) mass is 317 g/mol. The lowest BCUT2D eigenvalue weighted by atomic mass is 10.2. The Hall–Kier alpha value is -0.780. The molecule has 0 saturated carbocycles. The molecule has 2 rings (SSSR count). The van der Waals surface area contributed by atoms with Gasteiger partial charge < -0.3 is 5.32 Å². The van der Waals surface area contributed by atoms with E-state index in [2.05, 4.69) is 21.2 Å². The highest BCUT2D eigenvalue weighted by Crippen LogP contribution is 2.19. The molecule has 0 amide bonds. The Morgan fingerprint density at radius 3 is 2.35 bits per heavy atom. The molecule has 1 heterocycles. The molecule has 1 N–H and O–H groups in total. The van der Waals surface area contributed by atoms with Crippen LogP contribution < -0.4 is 5.32 Å². The molecule has 90 valence electrons. The molecule has 1 aromatic heterocycles. The summed E-state index contributed by atoms with van der Waals surface area (Å²) in [6.07, 6.45) is 0. The minimum Gasteiger partial charge on any atom is -0.308 e. The topological polar surface area (TPSA) is 12.0 Å². The van der Waals surface area contributed by atoms with E-state index in [1.165, 1.54) is 17.0 Å². The summed E-state index contributed by atoms with van der Waals surface area (Å²) in [5.74, 6) is -1.08. The van der Waals surface area contributed by atoms with E-state index in [1.807, 2.05) is 11.4 Å². The first-order valence-corrected chi connectivity index (χ1v) is 6.69. The summed E-state index contributed by atoms with van der Waals surface area (Å²) in [5.41, 5.74) is 0.609. The molecule has 0 saturated heterocycles. The third-order valence-corrected chi connectivity index (χ3v) is 3.87. The van der Waals surface area contributed by atoms with Crippen LogP contribution in [0.4, 0.5) is 8.78 Å². The molecule has 5 heteroatoms. The van der Waals surface area contributed by atoms with Crippen molar-refractivity contribution >= 4 is 27.3 Å². The molecule has 0 fully saturated rings. The fourth-order valence-electron chi connectivity index (χ4n) is 1.49. The summed E-state index contributed by atoms with van der Waals surface area (Å²) in [6.45, 7) is 1.14. The molecule has 17 heavy (non-hydrogen) atoms. The van der Waals surface area contributed by atoms with E-state index in [0.29, 0.717) is 18.7 Å². The quantitative estimate of drug-likeness (QED) is 0.896. The number of thiophene rings is 1. The van der Waals surface area contributed by atoms with Gasteiger partial charge in [0.25, 0.3) is 0 Å². The Morgan fingerprint density at radius 1 is 1.06 bits per heavy atom. The van der Waals surface area contributed by atoms with Gasteiger partial charge in [-0.2, -0.15) is 0 Å². The molecular weight excluding hydrogens is 308 g/mol. The van der Waals surface area contributed by atoms with Crippen molar-refractivity contribution in [2.45, 2.75) is 13.1 Å². The second-order valence-corrected chi connectivity index (χ2v) is 5.52. The smallest absolute Gasteiger partial charge is 0.126 e. The minimum absolute atomic E-state index is 0.449. The Kier molecular flexibility index (Phi) is 4.25. The van der Waals surface area contributed by atoms with Gasteiger partial charge >= 0.3 is 0 Å². The molecule has 0 radical (unpaired) electrons. The lowest BCUT2D eigenvalue weighted by Gasteiger charge is -2.04. The summed E-state index contributed by atoms with van der Waals surface area (Å²) in [7, 11) is 0. The van der Waals surface area contributed by atoms with Gasteiger partial charge in [-0.15, -0.1) is 11.3 Å². The fourth-order valence-corrected chi connectivity index (χ4v) is 2.91. The lowest BCUT2D eigenvalue weighted by Crippen LogP contribution is -2.12. The number of hydrogen-bond acceptors (Lipinski definition) is 2. The van der Waals surface area contributed by atoms with E-state index in [9.17, 15) is 8.78 Å². The van der Waals surface area contributed by atoms with Gasteiger partial charge in [0.1, 0.15) is 11.6 Å². The van der Waals surface area contributed by atoms with Gasteiger partial charge in [0.05, 0.1) is 0 Å². The molecule has 0 aliphatic heterocycles. The van der Waals surface area contributed by atoms with Crippen LogP contribution in [0, 0.1) is 11.6 Å². The average Bonchev–Trinajstić information content (AvgIpc) is 2.63. The zero-order valence-electron chi connectivity index (χ0n) is 8.84. The van der Waals surface area contributed by atoms with Crippen molar-refractivity contribution in [3.8, 4) is 0 Å². The first kappa shape index (κ1) is 12.7. The average molecular weight is 318 g/mol. The molecule has 0 unspecified atom stereocenters. The van der Waals surface area contributed by atoms with Gasteiger partial charge in [0.15, 0.2) is 0 Å². The van der Waals surface area contributed by atoms with Crippen LogP contribution in [0.25, 0.3) is 0 Å². The van der Waals surface area contributed by atoms with Crippen LogP contribution in [0.5, 0.6) is 0 Å². The van der Waals surface area contributed by atoms with Gasteiger partial charge in [-0.3, -0.25) is 0 Å². The van der Waals surface area contributed by atoms with Crippen molar-refractivity contribution in [1.82, 2.24) is 5.32 Å². The highest BCUT2D eigenvalue weighted by molar-refractivity contribution is 9.10. The van der Waals surface area contributed by atoms with Crippen molar-refractivity contribution in [2.24, 2.45) is 0 Å². The SMILES string of the molecule is Fc1cc(F)cc(CNCc2cc(Br)cs2)c1. The van der Waals surface area contributed by atoms with Crippen LogP contribution in [0.1, 0.15) is 10.4 Å². The van der Waals surface area contributed by atoms with Crippen LogP contribution in [-0.2, 0) is 13.1 Å². The van der Waals surface area contributed by atoms with E-state index in [-0.39, 0.29) is 0 Å². The van der Waals surface area contributed by atoms with Crippen molar-refractivity contribution in [3.63, 3.8) is 0 Å². The molecule has 0 spiro atoms. The van der Waals surface area contributed by atoms with E-state index < -0.39 is 11.6 Å². The highest BCUT2D eigenvalue weighted by Gasteiger charge is 2.01. The second kappa shape index (κ2) is 5.71. The Balaban J connectivity index is 1.89. The molecule has 1 nitrogen and oxygen atoms in total. The predicted molar refractivity (Wildman–Crippen MR) is 68.9 cm³/mol. The van der Waals surface area contributed by atoms with Crippen molar-refractivity contribution < 1.29 is 8.78 Å². The molecule has 0 aliphatic rings. The predicted octanol–water partition coefficient (Wildman–Crippen LogP) is 4.08. The van der Waals surface area contributed by atoms with Gasteiger partial charge in [-0.05, 0) is 39.7 Å². The zero-order chi connectivity index (χ0) is 12.3. The fraction of sp³-hybridized carbons (Fsp3) is 0.167. The molecule has 0 bridgehead atoms. The minimum atomic E-state index is -0.541. The number of hydrogen-bond donors (Lipinski definition) is 1. The summed E-state index contributed by atoms with van der Waals surface area (Å²) in [4.78, 5) is 1.17. The standard InChI is InChI=1S/C12H10BrF2NS/c13-9-3-12(17-7-9)6-16-5-8-1-10(14)4-11(15)2-8/h1-4,7,16H,5-6H2. The largest absolute Gasteiger partial charge is 0.308 e. The summed E-state index contributed by atoms with van der Waals surface area (Å²) in [5, 5.41) is 5.14. The first-order chi connectivity index (χ1) is 8.13. The number of benzene rings is 1. The van der Waals surface area contributed by atoms with Gasteiger partial charge in [-0.25, -0.2) is 8.78 Å². The third-order valence-electron chi connectivity index (χ3n) is 2.17. The Morgan fingerprint density at radius 2 is 1.76 bits per heavy atom. The molecule has 2 aromatic rings. The zero-order valence-corrected chi connectivity index (χ0v) is 11.2. The number of halogens is 3. The maximum Gasteiger partial charge on any atom is 0.126 e. The van der Waals surface area contributed by atoms with E-state index >= 15 is 0 Å². The summed E-state index contributed by atoms with van der Waals surface area (Å²) in [6, 6.07) is 5.56. The van der Waals surface area contributed by atoms with Crippen LogP contribution in [-0.4, -0.2) is 0 Å². The number of rotatable bonds is 4. The highest BCUT2D eigenvalue weighted by atomic mass is 79.9. The van der Waals surface area contributed by atoms with Crippen LogP contribution in [0.2, 0.25) is 0 Å². The van der Waals surface area contributed by atoms with Gasteiger partial charge in [-0.1, -0.05) is 0 Å². The molecule has 0 aliphatic carbocycles. The molecule has 1 aromatic carbocycles. The number of nitrogens with one attached hydrogen (secondary N) is 1. The van der Waals surface area contributed by atoms with E-state index in [0.717, 1.165) is 10.5 Å².